The largest absolute Gasteiger partial charge is 0.439 e. The molecule has 1 aromatic heterocycles. The molecule has 0 bridgehead atoms. The Balaban J connectivity index is 2.58. The van der Waals surface area contributed by atoms with Gasteiger partial charge in [-0.15, -0.1) is 0 Å². The van der Waals surface area contributed by atoms with Gasteiger partial charge in [0.25, 0.3) is 5.89 Å². The lowest BCUT2D eigenvalue weighted by Crippen LogP contribution is -1.83. The zero-order chi connectivity index (χ0) is 10.8. The molecule has 1 aromatic carbocycles. The molecule has 2 aromatic rings. The number of carbonyl (C=O) groups excluding carboxylic acids is 1. The second-order valence-corrected chi connectivity index (χ2v) is 3.91. The van der Waals surface area contributed by atoms with Crippen molar-refractivity contribution in [1.82, 2.24) is 4.98 Å². The lowest BCUT2D eigenvalue weighted by Gasteiger charge is -1.99. The van der Waals surface area contributed by atoms with Gasteiger partial charge in [0.15, 0.2) is 0 Å². The van der Waals surface area contributed by atoms with E-state index < -0.39 is 0 Å². The number of carbonyl (C=O) groups is 1. The predicted molar refractivity (Wildman–Crippen MR) is 59.8 cm³/mol. The third-order valence-electron chi connectivity index (χ3n) is 2.04. The van der Waals surface area contributed by atoms with Crippen molar-refractivity contribution in [3.8, 4) is 11.3 Å². The summed E-state index contributed by atoms with van der Waals surface area (Å²) >= 11 is 3.43. The number of hydrogen-bond acceptors (Lipinski definition) is 3. The fourth-order valence-corrected chi connectivity index (χ4v) is 1.84. The Kier molecular flexibility index (Phi) is 2.68. The topological polar surface area (TPSA) is 43.1 Å². The summed E-state index contributed by atoms with van der Waals surface area (Å²) in [6, 6.07) is 7.67. The number of halogens is 1. The lowest BCUT2D eigenvalue weighted by molar-refractivity contribution is 0.109. The molecular formula is C11H8BrNO2. The second kappa shape index (κ2) is 3.98. The molecule has 1 heterocycles. The average Bonchev–Trinajstić information content (AvgIpc) is 2.60. The molecule has 0 radical (unpaired) electrons. The molecule has 76 valence electrons. The van der Waals surface area contributed by atoms with Crippen LogP contribution in [0.15, 0.2) is 33.2 Å². The molecule has 0 unspecified atom stereocenters. The molecule has 0 saturated heterocycles. The molecule has 0 aliphatic carbocycles. The SMILES string of the molecule is Cc1oc(C=O)nc1-c1ccccc1Br. The molecule has 0 atom stereocenters. The van der Waals surface area contributed by atoms with Gasteiger partial charge in [-0.1, -0.05) is 34.1 Å². The van der Waals surface area contributed by atoms with E-state index in [9.17, 15) is 4.79 Å². The number of aldehydes is 1. The molecule has 0 fully saturated rings. The molecule has 15 heavy (non-hydrogen) atoms. The third kappa shape index (κ3) is 1.85. The minimum atomic E-state index is 0.109. The van der Waals surface area contributed by atoms with Crippen molar-refractivity contribution in [2.45, 2.75) is 6.92 Å². The normalized spacial score (nSPS) is 10.3. The Labute approximate surface area is 95.3 Å². The van der Waals surface area contributed by atoms with Crippen LogP contribution in [0.25, 0.3) is 11.3 Å². The predicted octanol–water partition coefficient (Wildman–Crippen LogP) is 3.23. The summed E-state index contributed by atoms with van der Waals surface area (Å²) in [6.45, 7) is 1.79. The molecule has 0 N–H and O–H groups in total. The Morgan fingerprint density at radius 3 is 2.73 bits per heavy atom. The van der Waals surface area contributed by atoms with Crippen molar-refractivity contribution < 1.29 is 9.21 Å². The maximum atomic E-state index is 10.5. The molecule has 0 aliphatic heterocycles. The number of aromatic nitrogens is 1. The van der Waals surface area contributed by atoms with Crippen LogP contribution in [0.1, 0.15) is 16.4 Å². The maximum Gasteiger partial charge on any atom is 0.260 e. The van der Waals surface area contributed by atoms with E-state index in [1.165, 1.54) is 0 Å². The summed E-state index contributed by atoms with van der Waals surface area (Å²) in [5.74, 6) is 0.752. The van der Waals surface area contributed by atoms with Crippen LogP contribution in [-0.2, 0) is 0 Å². The standard InChI is InChI=1S/C11H8BrNO2/c1-7-11(13-10(6-14)15-7)8-4-2-3-5-9(8)12/h2-6H,1H3. The van der Waals surface area contributed by atoms with Crippen molar-refractivity contribution in [1.29, 1.82) is 0 Å². The van der Waals surface area contributed by atoms with Crippen LogP contribution in [0.4, 0.5) is 0 Å². The summed E-state index contributed by atoms with van der Waals surface area (Å²) < 4.78 is 6.10. The summed E-state index contributed by atoms with van der Waals surface area (Å²) in [4.78, 5) is 14.6. The third-order valence-corrected chi connectivity index (χ3v) is 2.73. The fourth-order valence-electron chi connectivity index (χ4n) is 1.37. The molecule has 0 aliphatic rings. The number of nitrogens with zero attached hydrogens (tertiary/aromatic N) is 1. The number of benzene rings is 1. The number of aryl methyl sites for hydroxylation is 1. The summed E-state index contributed by atoms with van der Waals surface area (Å²) in [5, 5.41) is 0. The van der Waals surface area contributed by atoms with Gasteiger partial charge >= 0.3 is 0 Å². The molecular weight excluding hydrogens is 258 g/mol. The minimum Gasteiger partial charge on any atom is -0.439 e. The first-order chi connectivity index (χ1) is 7.22. The van der Waals surface area contributed by atoms with E-state index in [1.54, 1.807) is 6.92 Å². The molecule has 4 heteroatoms. The van der Waals surface area contributed by atoms with Crippen molar-refractivity contribution in [3.63, 3.8) is 0 Å². The summed E-state index contributed by atoms with van der Waals surface area (Å²) in [7, 11) is 0. The summed E-state index contributed by atoms with van der Waals surface area (Å²) in [5.41, 5.74) is 1.62. The van der Waals surface area contributed by atoms with Crippen LogP contribution in [0.3, 0.4) is 0 Å². The van der Waals surface area contributed by atoms with Crippen LogP contribution < -0.4 is 0 Å². The van der Waals surface area contributed by atoms with Crippen LogP contribution in [0, 0.1) is 6.92 Å². The molecule has 0 amide bonds. The van der Waals surface area contributed by atoms with Crippen molar-refractivity contribution >= 4 is 22.2 Å². The van der Waals surface area contributed by atoms with Gasteiger partial charge in [-0.3, -0.25) is 4.79 Å². The first-order valence-electron chi connectivity index (χ1n) is 4.40. The van der Waals surface area contributed by atoms with Crippen LogP contribution in [-0.4, -0.2) is 11.3 Å². The highest BCUT2D eigenvalue weighted by atomic mass is 79.9. The Morgan fingerprint density at radius 2 is 2.13 bits per heavy atom. The zero-order valence-electron chi connectivity index (χ0n) is 8.03. The van der Waals surface area contributed by atoms with Gasteiger partial charge in [0.2, 0.25) is 6.29 Å². The highest BCUT2D eigenvalue weighted by molar-refractivity contribution is 9.10. The van der Waals surface area contributed by atoms with Crippen molar-refractivity contribution in [2.75, 3.05) is 0 Å². The van der Waals surface area contributed by atoms with E-state index >= 15 is 0 Å². The van der Waals surface area contributed by atoms with E-state index in [1.807, 2.05) is 24.3 Å². The van der Waals surface area contributed by atoms with E-state index in [0.717, 1.165) is 10.0 Å². The van der Waals surface area contributed by atoms with Gasteiger partial charge < -0.3 is 4.42 Å². The zero-order valence-corrected chi connectivity index (χ0v) is 9.61. The molecule has 0 saturated carbocycles. The monoisotopic (exact) mass is 265 g/mol. The van der Waals surface area contributed by atoms with Gasteiger partial charge in [-0.25, -0.2) is 4.98 Å². The Hall–Kier alpha value is -1.42. The first-order valence-corrected chi connectivity index (χ1v) is 5.19. The smallest absolute Gasteiger partial charge is 0.260 e. The van der Waals surface area contributed by atoms with E-state index in [0.29, 0.717) is 17.7 Å². The first kappa shape index (κ1) is 10.1. The van der Waals surface area contributed by atoms with E-state index in [2.05, 4.69) is 20.9 Å². The summed E-state index contributed by atoms with van der Waals surface area (Å²) in [6.07, 6.45) is 0.605. The van der Waals surface area contributed by atoms with Gasteiger partial charge in [0.05, 0.1) is 0 Å². The number of oxazole rings is 1. The average molecular weight is 266 g/mol. The van der Waals surface area contributed by atoms with Gasteiger partial charge in [-0.2, -0.15) is 0 Å². The minimum absolute atomic E-state index is 0.109. The molecule has 2 rings (SSSR count). The Bertz CT molecular complexity index is 505. The second-order valence-electron chi connectivity index (χ2n) is 3.05. The molecule has 3 nitrogen and oxygen atoms in total. The quantitative estimate of drug-likeness (QED) is 0.784. The number of hydrogen-bond donors (Lipinski definition) is 0. The lowest BCUT2D eigenvalue weighted by atomic mass is 10.1. The van der Waals surface area contributed by atoms with Gasteiger partial charge in [0, 0.05) is 10.0 Å². The van der Waals surface area contributed by atoms with E-state index in [4.69, 9.17) is 4.42 Å². The van der Waals surface area contributed by atoms with Gasteiger partial charge in [-0.05, 0) is 13.0 Å². The van der Waals surface area contributed by atoms with Crippen LogP contribution in [0.5, 0.6) is 0 Å². The van der Waals surface area contributed by atoms with Crippen molar-refractivity contribution in [2.24, 2.45) is 0 Å². The Morgan fingerprint density at radius 1 is 1.40 bits per heavy atom. The van der Waals surface area contributed by atoms with Crippen molar-refractivity contribution in [3.05, 3.63) is 40.4 Å². The fraction of sp³-hybridized carbons (Fsp3) is 0.0909. The van der Waals surface area contributed by atoms with E-state index in [-0.39, 0.29) is 5.89 Å². The molecule has 0 spiro atoms. The highest BCUT2D eigenvalue weighted by Gasteiger charge is 2.12. The highest BCUT2D eigenvalue weighted by Crippen LogP contribution is 2.29. The number of rotatable bonds is 2. The van der Waals surface area contributed by atoms with Crippen LogP contribution in [0.2, 0.25) is 0 Å². The van der Waals surface area contributed by atoms with Crippen LogP contribution >= 0.6 is 15.9 Å². The van der Waals surface area contributed by atoms with Gasteiger partial charge in [0.1, 0.15) is 11.5 Å². The maximum absolute atomic E-state index is 10.5.